The van der Waals surface area contributed by atoms with E-state index in [4.69, 9.17) is 9.47 Å². The minimum absolute atomic E-state index is 0.157. The fourth-order valence-corrected chi connectivity index (χ4v) is 3.36. The standard InChI is InChI=1S/C24H16FNO3/c25-17-7-5-15(6-8-17)14-28-18-9-10-20-22(12-18)29-23(24(20)27)11-16-13-26-21-4-2-1-3-19(16)21/h1-13,26H,14H2. The van der Waals surface area contributed by atoms with Crippen LogP contribution in [0.3, 0.4) is 0 Å². The van der Waals surface area contributed by atoms with Crippen molar-refractivity contribution < 1.29 is 18.7 Å². The Kier molecular flexibility index (Phi) is 4.13. The predicted molar refractivity (Wildman–Crippen MR) is 108 cm³/mol. The molecule has 0 unspecified atom stereocenters. The Balaban J connectivity index is 1.37. The molecule has 4 nitrogen and oxygen atoms in total. The number of ether oxygens (including phenoxy) is 2. The minimum atomic E-state index is -0.285. The lowest BCUT2D eigenvalue weighted by molar-refractivity contribution is 0.101. The van der Waals surface area contributed by atoms with Gasteiger partial charge in [0.1, 0.15) is 23.9 Å². The van der Waals surface area contributed by atoms with Crippen LogP contribution in [0.5, 0.6) is 11.5 Å². The summed E-state index contributed by atoms with van der Waals surface area (Å²) in [5.74, 6) is 0.885. The second-order valence-corrected chi connectivity index (χ2v) is 6.80. The van der Waals surface area contributed by atoms with Crippen molar-refractivity contribution in [3.8, 4) is 11.5 Å². The van der Waals surface area contributed by atoms with E-state index in [-0.39, 0.29) is 17.4 Å². The summed E-state index contributed by atoms with van der Waals surface area (Å²) in [4.78, 5) is 15.9. The highest BCUT2D eigenvalue weighted by Gasteiger charge is 2.28. The monoisotopic (exact) mass is 385 g/mol. The molecule has 0 aliphatic carbocycles. The van der Waals surface area contributed by atoms with Gasteiger partial charge in [0.25, 0.3) is 0 Å². The number of carbonyl (C=O) groups is 1. The van der Waals surface area contributed by atoms with E-state index < -0.39 is 0 Å². The number of fused-ring (bicyclic) bond motifs is 2. The largest absolute Gasteiger partial charge is 0.489 e. The summed E-state index contributed by atoms with van der Waals surface area (Å²) in [5.41, 5.74) is 3.25. The Hall–Kier alpha value is -3.86. The van der Waals surface area contributed by atoms with E-state index in [9.17, 15) is 9.18 Å². The molecule has 1 aliphatic rings. The zero-order chi connectivity index (χ0) is 19.8. The number of H-pyrrole nitrogens is 1. The first-order valence-corrected chi connectivity index (χ1v) is 9.19. The summed E-state index contributed by atoms with van der Waals surface area (Å²) >= 11 is 0. The molecule has 5 rings (SSSR count). The molecule has 0 radical (unpaired) electrons. The molecule has 142 valence electrons. The van der Waals surface area contributed by atoms with Gasteiger partial charge in [-0.05, 0) is 42.0 Å². The highest BCUT2D eigenvalue weighted by Crippen LogP contribution is 2.35. The van der Waals surface area contributed by atoms with Gasteiger partial charge in [-0.1, -0.05) is 30.3 Å². The molecule has 1 N–H and O–H groups in total. The van der Waals surface area contributed by atoms with E-state index in [0.717, 1.165) is 22.0 Å². The molecular weight excluding hydrogens is 369 g/mol. The molecule has 29 heavy (non-hydrogen) atoms. The maximum atomic E-state index is 13.0. The zero-order valence-corrected chi connectivity index (χ0v) is 15.3. The van der Waals surface area contributed by atoms with Crippen LogP contribution in [0.1, 0.15) is 21.5 Å². The van der Waals surface area contributed by atoms with Crippen molar-refractivity contribution in [2.75, 3.05) is 0 Å². The Labute approximate surface area is 166 Å². The maximum absolute atomic E-state index is 13.0. The molecule has 0 amide bonds. The highest BCUT2D eigenvalue weighted by atomic mass is 19.1. The molecule has 2 heterocycles. The average molecular weight is 385 g/mol. The quantitative estimate of drug-likeness (QED) is 0.472. The second-order valence-electron chi connectivity index (χ2n) is 6.80. The number of nitrogens with one attached hydrogen (secondary N) is 1. The molecule has 3 aromatic carbocycles. The van der Waals surface area contributed by atoms with Gasteiger partial charge in [0.05, 0.1) is 5.56 Å². The lowest BCUT2D eigenvalue weighted by Crippen LogP contribution is -1.97. The molecule has 0 saturated carbocycles. The predicted octanol–water partition coefficient (Wildman–Crippen LogP) is 5.50. The number of carbonyl (C=O) groups excluding carboxylic acids is 1. The number of para-hydroxylation sites is 1. The van der Waals surface area contributed by atoms with Crippen LogP contribution in [0, 0.1) is 5.82 Å². The number of benzene rings is 3. The number of Topliss-reactive ketones (excluding diaryl/α,β-unsaturated/α-hetero) is 1. The van der Waals surface area contributed by atoms with Crippen LogP contribution in [0.15, 0.2) is 78.7 Å². The average Bonchev–Trinajstić information content (AvgIpc) is 3.29. The first-order valence-electron chi connectivity index (χ1n) is 9.19. The van der Waals surface area contributed by atoms with E-state index in [0.29, 0.717) is 23.7 Å². The Morgan fingerprint density at radius 3 is 2.72 bits per heavy atom. The van der Waals surface area contributed by atoms with E-state index in [2.05, 4.69) is 4.98 Å². The van der Waals surface area contributed by atoms with E-state index >= 15 is 0 Å². The van der Waals surface area contributed by atoms with Crippen LogP contribution in [-0.4, -0.2) is 10.8 Å². The van der Waals surface area contributed by atoms with Crippen molar-refractivity contribution in [1.29, 1.82) is 0 Å². The van der Waals surface area contributed by atoms with Crippen molar-refractivity contribution in [2.45, 2.75) is 6.61 Å². The first kappa shape index (κ1) is 17.3. The Bertz CT molecular complexity index is 1250. The fraction of sp³-hybridized carbons (Fsp3) is 0.0417. The van der Waals surface area contributed by atoms with Gasteiger partial charge in [-0.3, -0.25) is 4.79 Å². The normalized spacial score (nSPS) is 14.2. The number of halogens is 1. The van der Waals surface area contributed by atoms with Crippen LogP contribution < -0.4 is 9.47 Å². The lowest BCUT2D eigenvalue weighted by atomic mass is 10.1. The zero-order valence-electron chi connectivity index (χ0n) is 15.3. The van der Waals surface area contributed by atoms with Crippen molar-refractivity contribution in [3.05, 3.63) is 101 Å². The van der Waals surface area contributed by atoms with Crippen LogP contribution in [-0.2, 0) is 6.61 Å². The number of ketones is 1. The van der Waals surface area contributed by atoms with Gasteiger partial charge < -0.3 is 14.5 Å². The molecule has 0 saturated heterocycles. The molecule has 1 aromatic heterocycles. The molecule has 5 heteroatoms. The van der Waals surface area contributed by atoms with Crippen molar-refractivity contribution in [3.63, 3.8) is 0 Å². The molecule has 0 atom stereocenters. The summed E-state index contributed by atoms with van der Waals surface area (Å²) in [6.07, 6.45) is 3.61. The van der Waals surface area contributed by atoms with Gasteiger partial charge in [0.15, 0.2) is 5.76 Å². The topological polar surface area (TPSA) is 51.3 Å². The summed E-state index contributed by atoms with van der Waals surface area (Å²) in [6, 6.07) is 19.1. The third kappa shape index (κ3) is 3.27. The fourth-order valence-electron chi connectivity index (χ4n) is 3.36. The SMILES string of the molecule is O=C1C(=Cc2c[nH]c3ccccc23)Oc2cc(OCc3ccc(F)cc3)ccc21. The highest BCUT2D eigenvalue weighted by molar-refractivity contribution is 6.15. The number of hydrogen-bond acceptors (Lipinski definition) is 3. The molecule has 0 bridgehead atoms. The van der Waals surface area contributed by atoms with E-state index in [1.54, 1.807) is 36.4 Å². The first-order chi connectivity index (χ1) is 14.2. The summed E-state index contributed by atoms with van der Waals surface area (Å²) in [5, 5.41) is 1.02. The number of hydrogen-bond donors (Lipinski definition) is 1. The molecular formula is C24H16FNO3. The Morgan fingerprint density at radius 1 is 1.03 bits per heavy atom. The van der Waals surface area contributed by atoms with Gasteiger partial charge in [-0.25, -0.2) is 4.39 Å². The molecule has 0 spiro atoms. The summed E-state index contributed by atoms with van der Waals surface area (Å²) < 4.78 is 24.6. The van der Waals surface area contributed by atoms with Gasteiger partial charge in [-0.2, -0.15) is 0 Å². The third-order valence-electron chi connectivity index (χ3n) is 4.87. The van der Waals surface area contributed by atoms with Crippen molar-refractivity contribution >= 4 is 22.8 Å². The third-order valence-corrected chi connectivity index (χ3v) is 4.87. The molecule has 1 aliphatic heterocycles. The van der Waals surface area contributed by atoms with Gasteiger partial charge in [-0.15, -0.1) is 0 Å². The second kappa shape index (κ2) is 6.95. The van der Waals surface area contributed by atoms with Gasteiger partial charge in [0.2, 0.25) is 5.78 Å². The number of rotatable bonds is 4. The van der Waals surface area contributed by atoms with Crippen molar-refractivity contribution in [2.24, 2.45) is 0 Å². The van der Waals surface area contributed by atoms with Crippen molar-refractivity contribution in [1.82, 2.24) is 4.98 Å². The number of aromatic amines is 1. The van der Waals surface area contributed by atoms with Gasteiger partial charge >= 0.3 is 0 Å². The van der Waals surface area contributed by atoms with E-state index in [1.165, 1.54) is 12.1 Å². The maximum Gasteiger partial charge on any atom is 0.231 e. The number of aromatic nitrogens is 1. The molecule has 4 aromatic rings. The Morgan fingerprint density at radius 2 is 1.86 bits per heavy atom. The van der Waals surface area contributed by atoms with Gasteiger partial charge in [0, 0.05) is 28.7 Å². The lowest BCUT2D eigenvalue weighted by Gasteiger charge is -2.07. The van der Waals surface area contributed by atoms with Crippen LogP contribution >= 0.6 is 0 Å². The minimum Gasteiger partial charge on any atom is -0.489 e. The van der Waals surface area contributed by atoms with Crippen LogP contribution in [0.4, 0.5) is 4.39 Å². The number of allylic oxidation sites excluding steroid dienone is 1. The van der Waals surface area contributed by atoms with Crippen LogP contribution in [0.2, 0.25) is 0 Å². The molecule has 0 fully saturated rings. The summed E-state index contributed by atoms with van der Waals surface area (Å²) in [6.45, 7) is 0.297. The smallest absolute Gasteiger partial charge is 0.231 e. The van der Waals surface area contributed by atoms with E-state index in [1.807, 2.05) is 30.5 Å². The van der Waals surface area contributed by atoms with Crippen LogP contribution in [0.25, 0.3) is 17.0 Å². The summed E-state index contributed by atoms with van der Waals surface area (Å²) in [7, 11) is 0.